The number of nitrogens with zero attached hydrogens (tertiary/aromatic N) is 2. The van der Waals surface area contributed by atoms with E-state index in [1.807, 2.05) is 30.5 Å². The molecular weight excluding hydrogens is 290 g/mol. The fourth-order valence-electron chi connectivity index (χ4n) is 2.15. The summed E-state index contributed by atoms with van der Waals surface area (Å²) in [4.78, 5) is 8.79. The Kier molecular flexibility index (Phi) is 4.17. The highest BCUT2D eigenvalue weighted by Gasteiger charge is 2.08. The Morgan fingerprint density at radius 3 is 2.95 bits per heavy atom. The molecule has 3 nitrogen and oxygen atoms in total. The second-order valence-electron chi connectivity index (χ2n) is 4.83. The van der Waals surface area contributed by atoms with Gasteiger partial charge in [-0.2, -0.15) is 0 Å². The average Bonchev–Trinajstić information content (AvgIpc) is 2.96. The van der Waals surface area contributed by atoms with E-state index in [4.69, 9.17) is 0 Å². The van der Waals surface area contributed by atoms with Crippen molar-refractivity contribution in [3.63, 3.8) is 0 Å². The lowest BCUT2D eigenvalue weighted by Crippen LogP contribution is -1.91. The third kappa shape index (κ3) is 3.16. The van der Waals surface area contributed by atoms with Gasteiger partial charge >= 0.3 is 0 Å². The van der Waals surface area contributed by atoms with Gasteiger partial charge in [0.05, 0.1) is 11.3 Å². The molecule has 3 rings (SSSR count). The number of benzene rings is 1. The Bertz CT molecular complexity index is 856. The van der Waals surface area contributed by atoms with Crippen LogP contribution in [0.3, 0.4) is 0 Å². The summed E-state index contributed by atoms with van der Waals surface area (Å²) in [7, 11) is 0. The van der Waals surface area contributed by atoms with Crippen molar-refractivity contribution in [2.45, 2.75) is 13.8 Å². The molecule has 0 atom stereocenters. The van der Waals surface area contributed by atoms with E-state index >= 15 is 0 Å². The van der Waals surface area contributed by atoms with Gasteiger partial charge in [-0.05, 0) is 37.6 Å². The van der Waals surface area contributed by atoms with E-state index in [9.17, 15) is 0 Å². The molecule has 0 radical (unpaired) electrons. The van der Waals surface area contributed by atoms with Gasteiger partial charge in [-0.1, -0.05) is 18.1 Å². The molecule has 1 N–H and O–H groups in total. The van der Waals surface area contributed by atoms with Gasteiger partial charge in [-0.25, -0.2) is 4.98 Å². The Morgan fingerprint density at radius 2 is 2.14 bits per heavy atom. The van der Waals surface area contributed by atoms with Gasteiger partial charge in [0.2, 0.25) is 0 Å². The van der Waals surface area contributed by atoms with Gasteiger partial charge in [0.15, 0.2) is 5.13 Å². The van der Waals surface area contributed by atoms with E-state index in [0.717, 1.165) is 27.6 Å². The van der Waals surface area contributed by atoms with Crippen molar-refractivity contribution in [3.05, 3.63) is 59.2 Å². The molecule has 4 heteroatoms. The van der Waals surface area contributed by atoms with Crippen LogP contribution in [0.15, 0.2) is 48.1 Å². The van der Waals surface area contributed by atoms with Crippen LogP contribution < -0.4 is 5.32 Å². The highest BCUT2D eigenvalue weighted by atomic mass is 32.1. The molecule has 2 aromatic heterocycles. The molecule has 0 saturated carbocycles. The van der Waals surface area contributed by atoms with Crippen molar-refractivity contribution < 1.29 is 0 Å². The number of nitrogens with one attached hydrogen (secondary N) is 1. The van der Waals surface area contributed by atoms with Crippen molar-refractivity contribution in [1.82, 2.24) is 9.97 Å². The molecule has 0 unspecified atom stereocenters. The second-order valence-corrected chi connectivity index (χ2v) is 5.69. The molecule has 0 bridgehead atoms. The highest BCUT2D eigenvalue weighted by molar-refractivity contribution is 7.14. The van der Waals surface area contributed by atoms with Crippen LogP contribution in [0.25, 0.3) is 11.3 Å². The maximum absolute atomic E-state index is 4.66. The SMILES string of the molecule is CC#Cc1cnccc1-c1csc(Nc2cccc(C)c2)n1. The van der Waals surface area contributed by atoms with E-state index in [1.165, 1.54) is 5.56 Å². The number of aryl methyl sites for hydroxylation is 1. The fraction of sp³-hybridized carbons (Fsp3) is 0.111. The largest absolute Gasteiger partial charge is 0.332 e. The van der Waals surface area contributed by atoms with Gasteiger partial charge in [0.25, 0.3) is 0 Å². The number of hydrogen-bond acceptors (Lipinski definition) is 4. The fourth-order valence-corrected chi connectivity index (χ4v) is 2.88. The van der Waals surface area contributed by atoms with Crippen LogP contribution >= 0.6 is 11.3 Å². The van der Waals surface area contributed by atoms with E-state index in [2.05, 4.69) is 46.2 Å². The molecule has 0 saturated heterocycles. The van der Waals surface area contributed by atoms with E-state index < -0.39 is 0 Å². The first kappa shape index (κ1) is 14.3. The average molecular weight is 305 g/mol. The van der Waals surface area contributed by atoms with Crippen molar-refractivity contribution in [3.8, 4) is 23.1 Å². The molecule has 0 aliphatic heterocycles. The summed E-state index contributed by atoms with van der Waals surface area (Å²) >= 11 is 1.58. The first-order valence-electron chi connectivity index (χ1n) is 6.92. The summed E-state index contributed by atoms with van der Waals surface area (Å²) in [6, 6.07) is 10.2. The van der Waals surface area contributed by atoms with Crippen LogP contribution in [0.1, 0.15) is 18.1 Å². The predicted molar refractivity (Wildman–Crippen MR) is 92.4 cm³/mol. The molecule has 0 aliphatic rings. The quantitative estimate of drug-likeness (QED) is 0.717. The Morgan fingerprint density at radius 1 is 1.23 bits per heavy atom. The van der Waals surface area contributed by atoms with Crippen LogP contribution in [0, 0.1) is 18.8 Å². The van der Waals surface area contributed by atoms with Gasteiger partial charge in [0.1, 0.15) is 0 Å². The molecule has 2 heterocycles. The number of pyridine rings is 1. The second kappa shape index (κ2) is 6.42. The van der Waals surface area contributed by atoms with E-state index in [1.54, 1.807) is 23.7 Å². The van der Waals surface area contributed by atoms with Crippen molar-refractivity contribution in [2.75, 3.05) is 5.32 Å². The lowest BCUT2D eigenvalue weighted by molar-refractivity contribution is 1.29. The van der Waals surface area contributed by atoms with E-state index in [0.29, 0.717) is 0 Å². The van der Waals surface area contributed by atoms with Crippen LogP contribution in [-0.4, -0.2) is 9.97 Å². The zero-order valence-corrected chi connectivity index (χ0v) is 13.2. The summed E-state index contributed by atoms with van der Waals surface area (Å²) in [5.41, 5.74) is 5.09. The first-order valence-corrected chi connectivity index (χ1v) is 7.80. The number of aromatic nitrogens is 2. The molecule has 0 aliphatic carbocycles. The third-order valence-corrected chi connectivity index (χ3v) is 3.89. The van der Waals surface area contributed by atoms with Crippen LogP contribution in [-0.2, 0) is 0 Å². The highest BCUT2D eigenvalue weighted by Crippen LogP contribution is 2.28. The van der Waals surface area contributed by atoms with Crippen molar-refractivity contribution in [2.24, 2.45) is 0 Å². The topological polar surface area (TPSA) is 37.8 Å². The summed E-state index contributed by atoms with van der Waals surface area (Å²) in [6.45, 7) is 3.90. The Labute approximate surface area is 134 Å². The van der Waals surface area contributed by atoms with Gasteiger partial charge < -0.3 is 5.32 Å². The summed E-state index contributed by atoms with van der Waals surface area (Å²) < 4.78 is 0. The minimum atomic E-state index is 0.868. The zero-order valence-electron chi connectivity index (χ0n) is 12.4. The number of thiazole rings is 1. The minimum absolute atomic E-state index is 0.868. The van der Waals surface area contributed by atoms with E-state index in [-0.39, 0.29) is 0 Å². The maximum Gasteiger partial charge on any atom is 0.187 e. The molecule has 0 spiro atoms. The maximum atomic E-state index is 4.66. The Balaban J connectivity index is 1.89. The monoisotopic (exact) mass is 305 g/mol. The number of rotatable bonds is 3. The molecule has 1 aromatic carbocycles. The molecule has 0 fully saturated rings. The molecule has 108 valence electrons. The summed E-state index contributed by atoms with van der Waals surface area (Å²) in [6.07, 6.45) is 3.54. The minimum Gasteiger partial charge on any atom is -0.332 e. The van der Waals surface area contributed by atoms with Gasteiger partial charge in [0, 0.05) is 29.0 Å². The molecular formula is C18H15N3S. The van der Waals surface area contributed by atoms with Crippen LogP contribution in [0.4, 0.5) is 10.8 Å². The van der Waals surface area contributed by atoms with Crippen molar-refractivity contribution >= 4 is 22.2 Å². The Hall–Kier alpha value is -2.64. The molecule has 0 amide bonds. The summed E-state index contributed by atoms with van der Waals surface area (Å²) in [5.74, 6) is 5.99. The molecule has 3 aromatic rings. The van der Waals surface area contributed by atoms with Gasteiger partial charge in [-0.15, -0.1) is 17.3 Å². The summed E-state index contributed by atoms with van der Waals surface area (Å²) in [5, 5.41) is 6.25. The normalized spacial score (nSPS) is 9.91. The van der Waals surface area contributed by atoms with Gasteiger partial charge in [-0.3, -0.25) is 4.98 Å². The lowest BCUT2D eigenvalue weighted by Gasteiger charge is -2.03. The smallest absolute Gasteiger partial charge is 0.187 e. The first-order chi connectivity index (χ1) is 10.8. The number of anilines is 2. The predicted octanol–water partition coefficient (Wildman–Crippen LogP) is 4.63. The van der Waals surface area contributed by atoms with Crippen molar-refractivity contribution in [1.29, 1.82) is 0 Å². The van der Waals surface area contributed by atoms with Crippen LogP contribution in [0.5, 0.6) is 0 Å². The number of hydrogen-bond donors (Lipinski definition) is 1. The molecule has 22 heavy (non-hydrogen) atoms. The zero-order chi connectivity index (χ0) is 15.4. The lowest BCUT2D eigenvalue weighted by atomic mass is 10.1. The van der Waals surface area contributed by atoms with Crippen LogP contribution in [0.2, 0.25) is 0 Å². The standard InChI is InChI=1S/C18H15N3S/c1-3-5-14-11-19-9-8-16(14)17-12-22-18(21-17)20-15-7-4-6-13(2)10-15/h4,6-12H,1-2H3,(H,20,21). The third-order valence-electron chi connectivity index (χ3n) is 3.13.